The number of hydrogen-bond acceptors (Lipinski definition) is 5. The van der Waals surface area contributed by atoms with Gasteiger partial charge >= 0.3 is 0 Å². The quantitative estimate of drug-likeness (QED) is 0.351. The molecule has 120 valence electrons. The van der Waals surface area contributed by atoms with Gasteiger partial charge in [0.05, 0.1) is 4.92 Å². The van der Waals surface area contributed by atoms with Crippen LogP contribution in [0, 0.1) is 17.0 Å². The largest absolute Gasteiger partial charge is 0.379 e. The maximum absolute atomic E-state index is 11.1. The van der Waals surface area contributed by atoms with Crippen LogP contribution in [-0.2, 0) is 0 Å². The summed E-state index contributed by atoms with van der Waals surface area (Å²) in [6, 6.07) is 12.4. The van der Waals surface area contributed by atoms with Gasteiger partial charge in [0.15, 0.2) is 0 Å². The zero-order chi connectivity index (χ0) is 16.8. The molecule has 23 heavy (non-hydrogen) atoms. The lowest BCUT2D eigenvalue weighted by Crippen LogP contribution is -2.12. The van der Waals surface area contributed by atoms with Crippen LogP contribution in [0.5, 0.6) is 0 Å². The fraction of sp³-hybridized carbons (Fsp3) is 0.188. The van der Waals surface area contributed by atoms with Crippen molar-refractivity contribution in [3.05, 3.63) is 63.7 Å². The van der Waals surface area contributed by atoms with Crippen LogP contribution in [0.1, 0.15) is 15.9 Å². The number of hydrogen-bond donors (Lipinski definition) is 2. The number of nitro groups is 1. The van der Waals surface area contributed by atoms with E-state index < -0.39 is 10.8 Å². The molecular weight excluding hydrogens is 314 g/mol. The van der Waals surface area contributed by atoms with Crippen molar-refractivity contribution in [1.29, 1.82) is 0 Å². The van der Waals surface area contributed by atoms with Crippen LogP contribution in [0.15, 0.2) is 47.4 Å². The number of amides is 1. The van der Waals surface area contributed by atoms with Crippen LogP contribution < -0.4 is 11.1 Å². The Morgan fingerprint density at radius 3 is 2.57 bits per heavy atom. The molecule has 2 aromatic rings. The third-order valence-electron chi connectivity index (χ3n) is 3.19. The highest BCUT2D eigenvalue weighted by molar-refractivity contribution is 7.99. The van der Waals surface area contributed by atoms with Crippen molar-refractivity contribution in [3.8, 4) is 0 Å². The average Bonchev–Trinajstić information content (AvgIpc) is 2.53. The topological polar surface area (TPSA) is 98.3 Å². The molecule has 0 aromatic heterocycles. The van der Waals surface area contributed by atoms with E-state index in [2.05, 4.69) is 5.32 Å². The number of thioether (sulfide) groups is 1. The van der Waals surface area contributed by atoms with Gasteiger partial charge in [-0.05, 0) is 31.2 Å². The summed E-state index contributed by atoms with van der Waals surface area (Å²) in [7, 11) is 0. The number of benzene rings is 2. The standard InChI is InChI=1S/C16H17N3O3S/c1-11-2-5-13(6-3-11)23-9-8-18-14-7-4-12(16(17)20)10-15(14)19(21)22/h2-7,10,18H,8-9H2,1H3,(H2,17,20). The molecule has 2 aromatic carbocycles. The Balaban J connectivity index is 1.96. The molecule has 6 nitrogen and oxygen atoms in total. The smallest absolute Gasteiger partial charge is 0.293 e. The van der Waals surface area contributed by atoms with Gasteiger partial charge in [0, 0.05) is 28.8 Å². The number of nitrogens with zero attached hydrogens (tertiary/aromatic N) is 1. The molecule has 0 fully saturated rings. The Morgan fingerprint density at radius 1 is 1.26 bits per heavy atom. The Hall–Kier alpha value is -2.54. The SMILES string of the molecule is Cc1ccc(SCCNc2ccc(C(N)=O)cc2[N+](=O)[O-])cc1. The van der Waals surface area contributed by atoms with Crippen LogP contribution >= 0.6 is 11.8 Å². The normalized spacial score (nSPS) is 10.3. The molecule has 0 unspecified atom stereocenters. The van der Waals surface area contributed by atoms with Crippen LogP contribution in [0.3, 0.4) is 0 Å². The molecule has 2 rings (SSSR count). The highest BCUT2D eigenvalue weighted by Crippen LogP contribution is 2.26. The number of carbonyl (C=O) groups is 1. The Labute approximate surface area is 138 Å². The number of nitro benzene ring substituents is 1. The first kappa shape index (κ1) is 16.8. The molecule has 0 spiro atoms. The molecule has 0 bridgehead atoms. The van der Waals surface area contributed by atoms with Gasteiger partial charge in [-0.3, -0.25) is 14.9 Å². The molecule has 0 aliphatic heterocycles. The fourth-order valence-electron chi connectivity index (χ4n) is 1.97. The third-order valence-corrected chi connectivity index (χ3v) is 4.20. The molecule has 7 heteroatoms. The first-order chi connectivity index (χ1) is 11.0. The van der Waals surface area contributed by atoms with Crippen molar-refractivity contribution in [1.82, 2.24) is 0 Å². The average molecular weight is 331 g/mol. The fourth-order valence-corrected chi connectivity index (χ4v) is 2.74. The van der Waals surface area contributed by atoms with Crippen molar-refractivity contribution < 1.29 is 9.72 Å². The lowest BCUT2D eigenvalue weighted by atomic mass is 10.1. The van der Waals surface area contributed by atoms with Crippen molar-refractivity contribution >= 4 is 29.0 Å². The van der Waals surface area contributed by atoms with Crippen LogP contribution in [-0.4, -0.2) is 23.1 Å². The highest BCUT2D eigenvalue weighted by Gasteiger charge is 2.16. The Bertz CT molecular complexity index is 717. The number of rotatable bonds is 7. The van der Waals surface area contributed by atoms with E-state index in [1.54, 1.807) is 11.8 Å². The maximum atomic E-state index is 11.1. The van der Waals surface area contributed by atoms with Crippen molar-refractivity contribution in [2.24, 2.45) is 5.73 Å². The van der Waals surface area contributed by atoms with E-state index in [-0.39, 0.29) is 11.3 Å². The number of nitrogens with two attached hydrogens (primary N) is 1. The summed E-state index contributed by atoms with van der Waals surface area (Å²) in [5, 5.41) is 14.1. The van der Waals surface area contributed by atoms with E-state index in [1.807, 2.05) is 31.2 Å². The molecule has 0 radical (unpaired) electrons. The zero-order valence-corrected chi connectivity index (χ0v) is 13.4. The second kappa shape index (κ2) is 7.64. The number of aryl methyl sites for hydroxylation is 1. The number of nitrogens with one attached hydrogen (secondary N) is 1. The van der Waals surface area contributed by atoms with Gasteiger partial charge in [-0.2, -0.15) is 0 Å². The summed E-state index contributed by atoms with van der Waals surface area (Å²) in [6.07, 6.45) is 0. The molecule has 0 aliphatic carbocycles. The number of carbonyl (C=O) groups excluding carboxylic acids is 1. The Morgan fingerprint density at radius 2 is 1.96 bits per heavy atom. The lowest BCUT2D eigenvalue weighted by Gasteiger charge is -2.08. The second-order valence-corrected chi connectivity index (χ2v) is 6.11. The Kier molecular flexibility index (Phi) is 5.59. The monoisotopic (exact) mass is 331 g/mol. The molecule has 0 saturated heterocycles. The summed E-state index contributed by atoms with van der Waals surface area (Å²) in [5.41, 5.74) is 6.70. The van der Waals surface area contributed by atoms with Crippen LogP contribution in [0.4, 0.5) is 11.4 Å². The predicted molar refractivity (Wildman–Crippen MR) is 92.0 cm³/mol. The first-order valence-electron chi connectivity index (χ1n) is 6.99. The van der Waals surface area contributed by atoms with Crippen molar-refractivity contribution in [3.63, 3.8) is 0 Å². The molecular formula is C16H17N3O3S. The van der Waals surface area contributed by atoms with E-state index in [0.717, 1.165) is 10.6 Å². The second-order valence-electron chi connectivity index (χ2n) is 4.94. The molecule has 0 saturated carbocycles. The summed E-state index contributed by atoms with van der Waals surface area (Å²) in [5.74, 6) is 0.0761. The molecule has 0 atom stereocenters. The maximum Gasteiger partial charge on any atom is 0.293 e. The highest BCUT2D eigenvalue weighted by atomic mass is 32.2. The van der Waals surface area contributed by atoms with Gasteiger partial charge in [-0.15, -0.1) is 11.8 Å². The first-order valence-corrected chi connectivity index (χ1v) is 7.97. The third kappa shape index (κ3) is 4.72. The molecule has 1 amide bonds. The van der Waals surface area contributed by atoms with Gasteiger partial charge < -0.3 is 11.1 Å². The minimum Gasteiger partial charge on any atom is -0.379 e. The van der Waals surface area contributed by atoms with E-state index in [9.17, 15) is 14.9 Å². The van der Waals surface area contributed by atoms with Gasteiger partial charge in [0.2, 0.25) is 5.91 Å². The number of anilines is 1. The van der Waals surface area contributed by atoms with Gasteiger partial charge in [-0.25, -0.2) is 0 Å². The van der Waals surface area contributed by atoms with Crippen LogP contribution in [0.25, 0.3) is 0 Å². The summed E-state index contributed by atoms with van der Waals surface area (Å²) in [6.45, 7) is 2.60. The van der Waals surface area contributed by atoms with Gasteiger partial charge in [-0.1, -0.05) is 17.7 Å². The molecule has 3 N–H and O–H groups in total. The van der Waals surface area contributed by atoms with E-state index in [0.29, 0.717) is 12.2 Å². The van der Waals surface area contributed by atoms with Crippen LogP contribution in [0.2, 0.25) is 0 Å². The summed E-state index contributed by atoms with van der Waals surface area (Å²) < 4.78 is 0. The van der Waals surface area contributed by atoms with E-state index in [4.69, 9.17) is 5.73 Å². The minimum atomic E-state index is -0.686. The number of primary amides is 1. The van der Waals surface area contributed by atoms with E-state index in [1.165, 1.54) is 23.8 Å². The van der Waals surface area contributed by atoms with Crippen molar-refractivity contribution in [2.45, 2.75) is 11.8 Å². The predicted octanol–water partition coefficient (Wildman–Crippen LogP) is 3.21. The summed E-state index contributed by atoms with van der Waals surface area (Å²) >= 11 is 1.66. The van der Waals surface area contributed by atoms with Gasteiger partial charge in [0.1, 0.15) is 5.69 Å². The van der Waals surface area contributed by atoms with Gasteiger partial charge in [0.25, 0.3) is 5.69 Å². The summed E-state index contributed by atoms with van der Waals surface area (Å²) in [4.78, 5) is 22.8. The van der Waals surface area contributed by atoms with E-state index >= 15 is 0 Å². The molecule has 0 aliphatic rings. The van der Waals surface area contributed by atoms with Crippen molar-refractivity contribution in [2.75, 3.05) is 17.6 Å². The minimum absolute atomic E-state index is 0.122. The zero-order valence-electron chi connectivity index (χ0n) is 12.6. The molecule has 0 heterocycles. The lowest BCUT2D eigenvalue weighted by molar-refractivity contribution is -0.384.